The van der Waals surface area contributed by atoms with Gasteiger partial charge in [0.2, 0.25) is 0 Å². The Hall–Kier alpha value is -0.200. The molecule has 0 radical (unpaired) electrons. The van der Waals surface area contributed by atoms with E-state index in [0.29, 0.717) is 6.61 Å². The first-order valence-corrected chi connectivity index (χ1v) is 9.74. The summed E-state index contributed by atoms with van der Waals surface area (Å²) in [6.45, 7) is 2.90. The van der Waals surface area contributed by atoms with Crippen LogP contribution in [0.25, 0.3) is 0 Å². The molecule has 0 aromatic rings. The summed E-state index contributed by atoms with van der Waals surface area (Å²) < 4.78 is 14.8. The van der Waals surface area contributed by atoms with E-state index in [9.17, 15) is 4.57 Å². The van der Waals surface area contributed by atoms with Crippen LogP contribution in [0.15, 0.2) is 12.2 Å². The highest BCUT2D eigenvalue weighted by Gasteiger charge is 1.92. The van der Waals surface area contributed by atoms with Crippen molar-refractivity contribution >= 4 is 8.69 Å². The van der Waals surface area contributed by atoms with Gasteiger partial charge in [-0.1, -0.05) is 76.9 Å². The maximum Gasteiger partial charge on any atom is 0.327 e. The van der Waals surface area contributed by atoms with Crippen LogP contribution in [0.2, 0.25) is 0 Å². The number of hydrogen-bond donors (Lipinski definition) is 0. The van der Waals surface area contributed by atoms with E-state index in [-0.39, 0.29) is 8.69 Å². The maximum absolute atomic E-state index is 10.0. The normalized spacial score (nSPS) is 11.7. The molecule has 0 bridgehead atoms. The Morgan fingerprint density at radius 3 is 1.71 bits per heavy atom. The molecule has 0 heterocycles. The average Bonchev–Trinajstić information content (AvgIpc) is 2.50. The fourth-order valence-electron chi connectivity index (χ4n) is 2.45. The van der Waals surface area contributed by atoms with Crippen molar-refractivity contribution < 1.29 is 9.09 Å². The van der Waals surface area contributed by atoms with Gasteiger partial charge in [-0.05, 0) is 32.1 Å². The van der Waals surface area contributed by atoms with Crippen LogP contribution in [0.4, 0.5) is 0 Å². The van der Waals surface area contributed by atoms with E-state index in [1.165, 1.54) is 83.5 Å². The molecule has 0 spiro atoms. The minimum Gasteiger partial charge on any atom is -0.294 e. The Morgan fingerprint density at radius 1 is 0.714 bits per heavy atom. The van der Waals surface area contributed by atoms with Crippen LogP contribution in [0.3, 0.4) is 0 Å². The maximum atomic E-state index is 10.0. The highest BCUT2D eigenvalue weighted by Crippen LogP contribution is 2.10. The molecule has 3 heteroatoms. The molecule has 0 aromatic carbocycles. The lowest BCUT2D eigenvalue weighted by atomic mass is 10.1. The van der Waals surface area contributed by atoms with E-state index < -0.39 is 0 Å². The van der Waals surface area contributed by atoms with Gasteiger partial charge in [0.05, 0.1) is 6.61 Å². The smallest absolute Gasteiger partial charge is 0.294 e. The van der Waals surface area contributed by atoms with Crippen molar-refractivity contribution in [2.45, 2.75) is 96.8 Å². The SMILES string of the molecule is CCCCCCCC/C=C\CCCCCCCCOP=O. The third-order valence-electron chi connectivity index (χ3n) is 3.80. The summed E-state index contributed by atoms with van der Waals surface area (Å²) in [6.07, 6.45) is 23.1. The van der Waals surface area contributed by atoms with Gasteiger partial charge in [-0.15, -0.1) is 0 Å². The Labute approximate surface area is 134 Å². The van der Waals surface area contributed by atoms with Crippen LogP contribution in [0, 0.1) is 0 Å². The lowest BCUT2D eigenvalue weighted by Gasteiger charge is -2.00. The van der Waals surface area contributed by atoms with Crippen LogP contribution >= 0.6 is 8.69 Å². The van der Waals surface area contributed by atoms with Crippen molar-refractivity contribution in [3.8, 4) is 0 Å². The Morgan fingerprint density at radius 2 is 1.19 bits per heavy atom. The number of rotatable bonds is 17. The highest BCUT2D eigenvalue weighted by molar-refractivity contribution is 7.17. The molecule has 0 unspecified atom stereocenters. The van der Waals surface area contributed by atoms with Gasteiger partial charge in [-0.25, -0.2) is 4.57 Å². The molecule has 0 saturated heterocycles. The van der Waals surface area contributed by atoms with Crippen LogP contribution < -0.4 is 0 Å². The largest absolute Gasteiger partial charge is 0.327 e. The Kier molecular flexibility index (Phi) is 19.6. The quantitative estimate of drug-likeness (QED) is 0.160. The van der Waals surface area contributed by atoms with Crippen molar-refractivity contribution in [1.29, 1.82) is 0 Å². The second-order valence-corrected chi connectivity index (χ2v) is 6.25. The molecule has 2 nitrogen and oxygen atoms in total. The van der Waals surface area contributed by atoms with Crippen LogP contribution in [-0.4, -0.2) is 6.61 Å². The van der Waals surface area contributed by atoms with E-state index in [1.54, 1.807) is 0 Å². The second-order valence-electron chi connectivity index (χ2n) is 5.85. The zero-order chi connectivity index (χ0) is 15.4. The van der Waals surface area contributed by atoms with Gasteiger partial charge in [0.25, 0.3) is 0 Å². The average molecular weight is 314 g/mol. The first kappa shape index (κ1) is 20.8. The molecule has 0 atom stereocenters. The first-order chi connectivity index (χ1) is 10.4. The molecule has 0 aliphatic carbocycles. The second kappa shape index (κ2) is 19.8. The third kappa shape index (κ3) is 19.8. The Bertz CT molecular complexity index is 229. The van der Waals surface area contributed by atoms with Crippen LogP contribution in [0.5, 0.6) is 0 Å². The van der Waals surface area contributed by atoms with E-state index in [1.807, 2.05) is 0 Å². The summed E-state index contributed by atoms with van der Waals surface area (Å²) >= 11 is 0. The van der Waals surface area contributed by atoms with E-state index in [0.717, 1.165) is 6.42 Å². The molecule has 21 heavy (non-hydrogen) atoms. The molecule has 0 fully saturated rings. The third-order valence-corrected chi connectivity index (χ3v) is 4.09. The van der Waals surface area contributed by atoms with Crippen LogP contribution in [0.1, 0.15) is 96.8 Å². The summed E-state index contributed by atoms with van der Waals surface area (Å²) in [5.74, 6) is 0. The lowest BCUT2D eigenvalue weighted by molar-refractivity contribution is 0.328. The van der Waals surface area contributed by atoms with Crippen molar-refractivity contribution in [2.24, 2.45) is 0 Å². The van der Waals surface area contributed by atoms with Gasteiger partial charge >= 0.3 is 8.69 Å². The molecule has 0 saturated carbocycles. The highest BCUT2D eigenvalue weighted by atomic mass is 31.1. The van der Waals surface area contributed by atoms with Gasteiger partial charge in [-0.2, -0.15) is 0 Å². The summed E-state index contributed by atoms with van der Waals surface area (Å²) in [4.78, 5) is 0. The van der Waals surface area contributed by atoms with Gasteiger partial charge in [0, 0.05) is 0 Å². The lowest BCUT2D eigenvalue weighted by Crippen LogP contribution is -1.85. The van der Waals surface area contributed by atoms with Gasteiger partial charge in [0.15, 0.2) is 0 Å². The molecule has 0 N–H and O–H groups in total. The molecular formula is C18H35O2P. The van der Waals surface area contributed by atoms with Crippen molar-refractivity contribution in [2.75, 3.05) is 6.61 Å². The first-order valence-electron chi connectivity index (χ1n) is 9.01. The Balaban J connectivity index is 3.03. The molecule has 0 rings (SSSR count). The van der Waals surface area contributed by atoms with Crippen LogP contribution in [-0.2, 0) is 9.09 Å². The summed E-state index contributed by atoms with van der Waals surface area (Å²) in [5, 5.41) is 0. The topological polar surface area (TPSA) is 26.3 Å². The van der Waals surface area contributed by atoms with Crippen molar-refractivity contribution in [3.05, 3.63) is 12.2 Å². The van der Waals surface area contributed by atoms with Gasteiger partial charge < -0.3 is 0 Å². The molecule has 124 valence electrons. The molecule has 0 aromatic heterocycles. The fourth-order valence-corrected chi connectivity index (χ4v) is 2.66. The monoisotopic (exact) mass is 314 g/mol. The molecule has 0 aliphatic heterocycles. The number of hydrogen-bond acceptors (Lipinski definition) is 2. The van der Waals surface area contributed by atoms with Crippen molar-refractivity contribution in [1.82, 2.24) is 0 Å². The van der Waals surface area contributed by atoms with E-state index in [4.69, 9.17) is 4.52 Å². The zero-order valence-electron chi connectivity index (χ0n) is 14.0. The predicted molar refractivity (Wildman–Crippen MR) is 93.0 cm³/mol. The molecule has 0 amide bonds. The molecular weight excluding hydrogens is 279 g/mol. The van der Waals surface area contributed by atoms with E-state index in [2.05, 4.69) is 19.1 Å². The summed E-state index contributed by atoms with van der Waals surface area (Å²) in [5.41, 5.74) is 0. The van der Waals surface area contributed by atoms with Gasteiger partial charge in [0.1, 0.15) is 0 Å². The van der Waals surface area contributed by atoms with E-state index >= 15 is 0 Å². The summed E-state index contributed by atoms with van der Waals surface area (Å²) in [7, 11) is -0.179. The zero-order valence-corrected chi connectivity index (χ0v) is 14.9. The molecule has 0 aliphatic rings. The standard InChI is InChI=1S/C18H35O2P/c1-2-3-4-5-6-7-8-9-10-11-12-13-14-15-16-17-18-20-21-19/h9-10H,2-8,11-18H2,1H3/b10-9-. The minimum absolute atomic E-state index is 0.179. The van der Waals surface area contributed by atoms with Crippen molar-refractivity contribution in [3.63, 3.8) is 0 Å². The number of allylic oxidation sites excluding steroid dienone is 2. The number of unbranched alkanes of at least 4 members (excludes halogenated alkanes) is 12. The minimum atomic E-state index is -0.179. The fraction of sp³-hybridized carbons (Fsp3) is 0.889. The predicted octanol–water partition coefficient (Wildman–Crippen LogP) is 7.25. The van der Waals surface area contributed by atoms with Gasteiger partial charge in [-0.3, -0.25) is 4.52 Å². The summed E-state index contributed by atoms with van der Waals surface area (Å²) in [6, 6.07) is 0.